The molecule has 0 saturated carbocycles. The lowest BCUT2D eigenvalue weighted by Gasteiger charge is -2.26. The SMILES string of the molecule is CC(=COCC(CO)(CO)CO)C(=O)OCO. The Morgan fingerprint density at radius 2 is 1.71 bits per heavy atom. The summed E-state index contributed by atoms with van der Waals surface area (Å²) >= 11 is 0. The van der Waals surface area contributed by atoms with Gasteiger partial charge >= 0.3 is 5.97 Å². The highest BCUT2D eigenvalue weighted by Crippen LogP contribution is 2.15. The largest absolute Gasteiger partial charge is 0.500 e. The Balaban J connectivity index is 4.28. The Kier molecular flexibility index (Phi) is 7.47. The summed E-state index contributed by atoms with van der Waals surface area (Å²) < 4.78 is 9.26. The third-order valence-electron chi connectivity index (χ3n) is 2.17. The molecule has 7 heteroatoms. The van der Waals surface area contributed by atoms with Gasteiger partial charge in [0.15, 0.2) is 6.79 Å². The lowest BCUT2D eigenvalue weighted by molar-refractivity contribution is -0.147. The predicted octanol–water partition coefficient (Wildman–Crippen LogP) is -1.64. The van der Waals surface area contributed by atoms with Crippen LogP contribution in [0.15, 0.2) is 11.8 Å². The average Bonchev–Trinajstić information content (AvgIpc) is 2.35. The number of aliphatic hydroxyl groups is 4. The molecule has 0 saturated heterocycles. The number of esters is 1. The van der Waals surface area contributed by atoms with Crippen molar-refractivity contribution in [3.05, 3.63) is 11.8 Å². The summed E-state index contributed by atoms with van der Waals surface area (Å²) in [5, 5.41) is 35.3. The molecule has 0 amide bonds. The van der Waals surface area contributed by atoms with Crippen LogP contribution >= 0.6 is 0 Å². The van der Waals surface area contributed by atoms with Gasteiger partial charge in [-0.1, -0.05) is 0 Å². The number of carbonyl (C=O) groups excluding carboxylic acids is 1. The highest BCUT2D eigenvalue weighted by atomic mass is 16.6. The van der Waals surface area contributed by atoms with Gasteiger partial charge in [-0.25, -0.2) is 4.79 Å². The van der Waals surface area contributed by atoms with Crippen molar-refractivity contribution in [1.29, 1.82) is 0 Å². The maximum atomic E-state index is 11.0. The Hall–Kier alpha value is -1.15. The molecule has 4 N–H and O–H groups in total. The van der Waals surface area contributed by atoms with Crippen LogP contribution in [0.25, 0.3) is 0 Å². The van der Waals surface area contributed by atoms with Gasteiger partial charge in [-0.2, -0.15) is 0 Å². The maximum absolute atomic E-state index is 11.0. The Bertz CT molecular complexity index is 249. The number of ether oxygens (including phenoxy) is 2. The summed E-state index contributed by atoms with van der Waals surface area (Å²) in [7, 11) is 0. The first-order valence-electron chi connectivity index (χ1n) is 4.94. The van der Waals surface area contributed by atoms with Gasteiger partial charge in [0.25, 0.3) is 0 Å². The van der Waals surface area contributed by atoms with Crippen molar-refractivity contribution in [3.8, 4) is 0 Å². The van der Waals surface area contributed by atoms with Crippen molar-refractivity contribution in [2.45, 2.75) is 6.92 Å². The highest BCUT2D eigenvalue weighted by molar-refractivity contribution is 5.87. The van der Waals surface area contributed by atoms with Gasteiger partial charge in [0.2, 0.25) is 0 Å². The minimum absolute atomic E-state index is 0.113. The first kappa shape index (κ1) is 15.9. The minimum atomic E-state index is -1.16. The van der Waals surface area contributed by atoms with E-state index in [-0.39, 0.29) is 12.2 Å². The molecule has 0 fully saturated rings. The summed E-state index contributed by atoms with van der Waals surface area (Å²) in [5.41, 5.74) is -1.04. The van der Waals surface area contributed by atoms with Crippen LogP contribution in [-0.2, 0) is 14.3 Å². The topological polar surface area (TPSA) is 116 Å². The van der Waals surface area contributed by atoms with Gasteiger partial charge in [-0.05, 0) is 6.92 Å². The van der Waals surface area contributed by atoms with E-state index >= 15 is 0 Å². The fraction of sp³-hybridized carbons (Fsp3) is 0.700. The van der Waals surface area contributed by atoms with Gasteiger partial charge < -0.3 is 29.9 Å². The second-order valence-electron chi connectivity index (χ2n) is 3.65. The van der Waals surface area contributed by atoms with Crippen LogP contribution in [0.2, 0.25) is 0 Å². The molecule has 0 unspecified atom stereocenters. The van der Waals surface area contributed by atoms with E-state index in [0.717, 1.165) is 6.26 Å². The van der Waals surface area contributed by atoms with Gasteiger partial charge in [0.05, 0.1) is 43.7 Å². The second-order valence-corrected chi connectivity index (χ2v) is 3.65. The van der Waals surface area contributed by atoms with Crippen molar-refractivity contribution >= 4 is 5.97 Å². The van der Waals surface area contributed by atoms with Crippen molar-refractivity contribution in [2.75, 3.05) is 33.2 Å². The van der Waals surface area contributed by atoms with E-state index in [1.54, 1.807) is 0 Å². The van der Waals surface area contributed by atoms with Crippen molar-refractivity contribution in [3.63, 3.8) is 0 Å². The molecule has 0 aromatic carbocycles. The molecule has 0 atom stereocenters. The summed E-state index contributed by atoms with van der Waals surface area (Å²) in [6.45, 7) is -0.815. The standard InChI is InChI=1S/C10H18O7/c1-8(9(15)17-7-14)2-16-6-10(3-11,4-12)5-13/h2,11-14H,3-7H2,1H3. The zero-order chi connectivity index (χ0) is 13.3. The van der Waals surface area contributed by atoms with Crippen LogP contribution in [0.4, 0.5) is 0 Å². The van der Waals surface area contributed by atoms with Gasteiger partial charge in [0, 0.05) is 0 Å². The second kappa shape index (κ2) is 8.02. The molecular weight excluding hydrogens is 232 g/mol. The quantitative estimate of drug-likeness (QED) is 0.177. The van der Waals surface area contributed by atoms with Crippen molar-refractivity contribution in [1.82, 2.24) is 0 Å². The smallest absolute Gasteiger partial charge is 0.338 e. The average molecular weight is 250 g/mol. The molecular formula is C10H18O7. The molecule has 0 aliphatic heterocycles. The predicted molar refractivity (Wildman–Crippen MR) is 56.6 cm³/mol. The first-order chi connectivity index (χ1) is 8.05. The number of rotatable bonds is 8. The Morgan fingerprint density at radius 3 is 2.12 bits per heavy atom. The Labute approximate surface area is 98.9 Å². The molecule has 7 nitrogen and oxygen atoms in total. The molecule has 0 aromatic heterocycles. The van der Waals surface area contributed by atoms with Crippen LogP contribution in [0.1, 0.15) is 6.92 Å². The van der Waals surface area contributed by atoms with E-state index in [1.165, 1.54) is 6.92 Å². The van der Waals surface area contributed by atoms with Crippen LogP contribution in [-0.4, -0.2) is 59.6 Å². The number of hydrogen-bond acceptors (Lipinski definition) is 7. The lowest BCUT2D eigenvalue weighted by Crippen LogP contribution is -2.38. The molecule has 17 heavy (non-hydrogen) atoms. The fourth-order valence-corrected chi connectivity index (χ4v) is 0.851. The third kappa shape index (κ3) is 5.14. The van der Waals surface area contributed by atoms with Crippen molar-refractivity contribution < 1.29 is 34.7 Å². The molecule has 0 bridgehead atoms. The van der Waals surface area contributed by atoms with E-state index in [4.69, 9.17) is 25.2 Å². The summed E-state index contributed by atoms with van der Waals surface area (Å²) in [5.74, 6) is -0.741. The summed E-state index contributed by atoms with van der Waals surface area (Å²) in [4.78, 5) is 11.0. The third-order valence-corrected chi connectivity index (χ3v) is 2.17. The van der Waals surface area contributed by atoms with Gasteiger partial charge in [-0.3, -0.25) is 0 Å². The number of aliphatic hydroxyl groups excluding tert-OH is 4. The molecule has 0 aliphatic rings. The number of carbonyl (C=O) groups is 1. The molecule has 100 valence electrons. The molecule has 0 aliphatic carbocycles. The molecule has 0 radical (unpaired) electrons. The fourth-order valence-electron chi connectivity index (χ4n) is 0.851. The summed E-state index contributed by atoms with van der Waals surface area (Å²) in [6, 6.07) is 0. The lowest BCUT2D eigenvalue weighted by atomic mass is 9.93. The molecule has 0 spiro atoms. The van der Waals surface area contributed by atoms with E-state index in [1.807, 2.05) is 0 Å². The molecule has 0 rings (SSSR count). The van der Waals surface area contributed by atoms with Crippen LogP contribution in [0.3, 0.4) is 0 Å². The maximum Gasteiger partial charge on any atom is 0.338 e. The van der Waals surface area contributed by atoms with Crippen molar-refractivity contribution in [2.24, 2.45) is 5.41 Å². The van der Waals surface area contributed by atoms with Gasteiger partial charge in [0.1, 0.15) is 0 Å². The van der Waals surface area contributed by atoms with E-state index in [9.17, 15) is 4.79 Å². The summed E-state index contributed by atoms with van der Waals surface area (Å²) in [6.07, 6.45) is 1.08. The van der Waals surface area contributed by atoms with Crippen LogP contribution < -0.4 is 0 Å². The van der Waals surface area contributed by atoms with Crippen LogP contribution in [0.5, 0.6) is 0 Å². The normalized spacial score (nSPS) is 12.4. The number of hydrogen-bond donors (Lipinski definition) is 4. The van der Waals surface area contributed by atoms with E-state index < -0.39 is 38.0 Å². The minimum Gasteiger partial charge on any atom is -0.500 e. The zero-order valence-corrected chi connectivity index (χ0v) is 9.63. The first-order valence-corrected chi connectivity index (χ1v) is 4.94. The monoisotopic (exact) mass is 250 g/mol. The van der Waals surface area contributed by atoms with E-state index in [2.05, 4.69) is 4.74 Å². The molecule has 0 heterocycles. The zero-order valence-electron chi connectivity index (χ0n) is 9.63. The van der Waals surface area contributed by atoms with Crippen LogP contribution in [0, 0.1) is 5.41 Å². The Morgan fingerprint density at radius 1 is 1.18 bits per heavy atom. The highest BCUT2D eigenvalue weighted by Gasteiger charge is 2.28. The van der Waals surface area contributed by atoms with E-state index in [0.29, 0.717) is 0 Å². The van der Waals surface area contributed by atoms with Gasteiger partial charge in [-0.15, -0.1) is 0 Å². The molecule has 0 aromatic rings.